The number of anilines is 1. The number of amides is 1. The monoisotopic (exact) mass is 308 g/mol. The third kappa shape index (κ3) is 2.36. The summed E-state index contributed by atoms with van der Waals surface area (Å²) in [5.41, 5.74) is 0.891. The Balaban J connectivity index is 1.95. The van der Waals surface area contributed by atoms with Crippen LogP contribution in [0.1, 0.15) is 15.4 Å². The van der Waals surface area contributed by atoms with Crippen molar-refractivity contribution >= 4 is 55.4 Å². The number of halogens is 1. The van der Waals surface area contributed by atoms with Gasteiger partial charge in [0.05, 0.1) is 10.7 Å². The number of carbonyl (C=O) groups is 1. The SMILES string of the molecule is Cc1csc(NC(=O)c2sc3ccccc3c2Cl)n1. The number of carbonyl (C=O) groups excluding carboxylic acids is 1. The molecule has 96 valence electrons. The van der Waals surface area contributed by atoms with Crippen LogP contribution >= 0.6 is 34.3 Å². The van der Waals surface area contributed by atoms with Gasteiger partial charge in [-0.2, -0.15) is 0 Å². The third-order valence-electron chi connectivity index (χ3n) is 2.58. The second-order valence-corrected chi connectivity index (χ2v) is 6.28. The maximum absolute atomic E-state index is 12.2. The molecule has 0 bridgehead atoms. The van der Waals surface area contributed by atoms with E-state index < -0.39 is 0 Å². The van der Waals surface area contributed by atoms with Crippen LogP contribution in [0.3, 0.4) is 0 Å². The van der Waals surface area contributed by atoms with Gasteiger partial charge >= 0.3 is 0 Å². The zero-order valence-electron chi connectivity index (χ0n) is 9.94. The number of nitrogens with zero attached hydrogens (tertiary/aromatic N) is 1. The minimum absolute atomic E-state index is 0.208. The number of hydrogen-bond donors (Lipinski definition) is 1. The van der Waals surface area contributed by atoms with Crippen molar-refractivity contribution in [3.8, 4) is 0 Å². The summed E-state index contributed by atoms with van der Waals surface area (Å²) in [6.07, 6.45) is 0. The number of aromatic nitrogens is 1. The summed E-state index contributed by atoms with van der Waals surface area (Å²) in [6.45, 7) is 1.89. The molecule has 0 aliphatic rings. The average molecular weight is 309 g/mol. The molecule has 0 atom stereocenters. The fraction of sp³-hybridized carbons (Fsp3) is 0.0769. The van der Waals surface area contributed by atoms with Crippen molar-refractivity contribution in [1.82, 2.24) is 4.98 Å². The van der Waals surface area contributed by atoms with E-state index in [2.05, 4.69) is 10.3 Å². The van der Waals surface area contributed by atoms with Gasteiger partial charge in [-0.1, -0.05) is 29.8 Å². The lowest BCUT2D eigenvalue weighted by atomic mass is 10.2. The van der Waals surface area contributed by atoms with Gasteiger partial charge in [0.1, 0.15) is 4.88 Å². The molecule has 0 radical (unpaired) electrons. The Labute approximate surface area is 122 Å². The summed E-state index contributed by atoms with van der Waals surface area (Å²) in [5.74, 6) is -0.208. The smallest absolute Gasteiger partial charge is 0.269 e. The first-order chi connectivity index (χ1) is 9.15. The standard InChI is InChI=1S/C13H9ClN2OS2/c1-7-6-18-13(15-7)16-12(17)11-10(14)8-4-2-3-5-9(8)19-11/h2-6H,1H3,(H,15,16,17). The molecule has 6 heteroatoms. The third-order valence-corrected chi connectivity index (χ3v) is 5.13. The quantitative estimate of drug-likeness (QED) is 0.753. The van der Waals surface area contributed by atoms with Gasteiger partial charge in [0.15, 0.2) is 5.13 Å². The summed E-state index contributed by atoms with van der Waals surface area (Å²) in [6, 6.07) is 7.71. The van der Waals surface area contributed by atoms with E-state index in [1.165, 1.54) is 22.7 Å². The van der Waals surface area contributed by atoms with E-state index >= 15 is 0 Å². The highest BCUT2D eigenvalue weighted by Crippen LogP contribution is 2.35. The summed E-state index contributed by atoms with van der Waals surface area (Å²) in [5, 5.41) is 6.68. The van der Waals surface area contributed by atoms with Gasteiger partial charge in [0, 0.05) is 15.5 Å². The normalized spacial score (nSPS) is 10.8. The molecule has 19 heavy (non-hydrogen) atoms. The molecule has 0 saturated carbocycles. The van der Waals surface area contributed by atoms with Gasteiger partial charge in [-0.15, -0.1) is 22.7 Å². The summed E-state index contributed by atoms with van der Waals surface area (Å²) in [4.78, 5) is 16.9. The van der Waals surface area contributed by atoms with Gasteiger partial charge in [0.2, 0.25) is 0 Å². The van der Waals surface area contributed by atoms with Crippen molar-refractivity contribution in [1.29, 1.82) is 0 Å². The van der Waals surface area contributed by atoms with Crippen LogP contribution in [0, 0.1) is 6.92 Å². The van der Waals surface area contributed by atoms with Crippen LogP contribution in [0.5, 0.6) is 0 Å². The predicted octanol–water partition coefficient (Wildman–Crippen LogP) is 4.57. The fourth-order valence-electron chi connectivity index (χ4n) is 1.73. The lowest BCUT2D eigenvalue weighted by Gasteiger charge is -1.98. The highest BCUT2D eigenvalue weighted by Gasteiger charge is 2.17. The molecule has 2 aromatic heterocycles. The lowest BCUT2D eigenvalue weighted by molar-refractivity contribution is 0.103. The van der Waals surface area contributed by atoms with E-state index in [0.717, 1.165) is 15.8 Å². The minimum atomic E-state index is -0.208. The molecule has 3 nitrogen and oxygen atoms in total. The van der Waals surface area contributed by atoms with E-state index in [0.29, 0.717) is 15.0 Å². The highest BCUT2D eigenvalue weighted by atomic mass is 35.5. The molecule has 0 unspecified atom stereocenters. The first-order valence-corrected chi connectivity index (χ1v) is 7.63. The van der Waals surface area contributed by atoms with Crippen molar-refractivity contribution in [3.63, 3.8) is 0 Å². The first-order valence-electron chi connectivity index (χ1n) is 5.55. The van der Waals surface area contributed by atoms with Crippen molar-refractivity contribution in [2.75, 3.05) is 5.32 Å². The van der Waals surface area contributed by atoms with Crippen molar-refractivity contribution in [3.05, 3.63) is 45.2 Å². The maximum atomic E-state index is 12.2. The largest absolute Gasteiger partial charge is 0.297 e. The van der Waals surface area contributed by atoms with E-state index in [-0.39, 0.29) is 5.91 Å². The second-order valence-electron chi connectivity index (χ2n) is 3.99. The number of fused-ring (bicyclic) bond motifs is 1. The number of nitrogens with one attached hydrogen (secondary N) is 1. The lowest BCUT2D eigenvalue weighted by Crippen LogP contribution is -2.10. The van der Waals surface area contributed by atoms with E-state index in [1.54, 1.807) is 0 Å². The van der Waals surface area contributed by atoms with Gasteiger partial charge in [-0.25, -0.2) is 4.98 Å². The molecule has 1 N–H and O–H groups in total. The minimum Gasteiger partial charge on any atom is -0.297 e. The Hall–Kier alpha value is -1.43. The Bertz CT molecular complexity index is 763. The van der Waals surface area contributed by atoms with Crippen LogP contribution in [0.25, 0.3) is 10.1 Å². The zero-order valence-corrected chi connectivity index (χ0v) is 12.3. The average Bonchev–Trinajstić information content (AvgIpc) is 2.94. The topological polar surface area (TPSA) is 42.0 Å². The highest BCUT2D eigenvalue weighted by molar-refractivity contribution is 7.21. The van der Waals surface area contributed by atoms with Gasteiger partial charge in [-0.3, -0.25) is 10.1 Å². The molecule has 3 aromatic rings. The molecule has 0 saturated heterocycles. The molecule has 3 rings (SSSR count). The first kappa shape index (κ1) is 12.6. The summed E-state index contributed by atoms with van der Waals surface area (Å²) >= 11 is 9.05. The maximum Gasteiger partial charge on any atom is 0.269 e. The molecule has 0 spiro atoms. The van der Waals surface area contributed by atoms with Crippen molar-refractivity contribution < 1.29 is 4.79 Å². The molecular weight excluding hydrogens is 300 g/mol. The Kier molecular flexibility index (Phi) is 3.26. The Morgan fingerprint density at radius 3 is 2.84 bits per heavy atom. The number of benzene rings is 1. The van der Waals surface area contributed by atoms with Crippen LogP contribution in [-0.2, 0) is 0 Å². The fourth-order valence-corrected chi connectivity index (χ4v) is 3.82. The van der Waals surface area contributed by atoms with Crippen LogP contribution in [0.4, 0.5) is 5.13 Å². The Morgan fingerprint density at radius 1 is 1.37 bits per heavy atom. The summed E-state index contributed by atoms with van der Waals surface area (Å²) < 4.78 is 1.01. The molecule has 2 heterocycles. The molecule has 1 amide bonds. The van der Waals surface area contributed by atoms with Crippen molar-refractivity contribution in [2.24, 2.45) is 0 Å². The van der Waals surface area contributed by atoms with E-state index in [4.69, 9.17) is 11.6 Å². The number of thiazole rings is 1. The van der Waals surface area contributed by atoms with E-state index in [1.807, 2.05) is 36.6 Å². The number of rotatable bonds is 2. The molecule has 1 aromatic carbocycles. The van der Waals surface area contributed by atoms with E-state index in [9.17, 15) is 4.79 Å². The summed E-state index contributed by atoms with van der Waals surface area (Å²) in [7, 11) is 0. The van der Waals surface area contributed by atoms with Crippen LogP contribution in [-0.4, -0.2) is 10.9 Å². The van der Waals surface area contributed by atoms with Crippen LogP contribution < -0.4 is 5.32 Å². The van der Waals surface area contributed by atoms with Crippen LogP contribution in [0.15, 0.2) is 29.6 Å². The Morgan fingerprint density at radius 2 is 2.16 bits per heavy atom. The van der Waals surface area contributed by atoms with Gasteiger partial charge in [0.25, 0.3) is 5.91 Å². The number of aryl methyl sites for hydroxylation is 1. The van der Waals surface area contributed by atoms with Gasteiger partial charge in [-0.05, 0) is 13.0 Å². The molecule has 0 fully saturated rings. The van der Waals surface area contributed by atoms with Crippen LogP contribution in [0.2, 0.25) is 5.02 Å². The zero-order chi connectivity index (χ0) is 13.4. The molecular formula is C13H9ClN2OS2. The van der Waals surface area contributed by atoms with Crippen molar-refractivity contribution in [2.45, 2.75) is 6.92 Å². The number of thiophene rings is 1. The second kappa shape index (κ2) is 4.92. The molecule has 0 aliphatic carbocycles. The van der Waals surface area contributed by atoms with Gasteiger partial charge < -0.3 is 0 Å². The molecule has 0 aliphatic heterocycles. The predicted molar refractivity (Wildman–Crippen MR) is 81.6 cm³/mol. The number of hydrogen-bond acceptors (Lipinski definition) is 4.